The summed E-state index contributed by atoms with van der Waals surface area (Å²) in [4.78, 5) is 15.4. The lowest BCUT2D eigenvalue weighted by molar-refractivity contribution is -0.118. The average Bonchev–Trinajstić information content (AvgIpc) is 3.45. The van der Waals surface area contributed by atoms with Gasteiger partial charge in [0.1, 0.15) is 5.75 Å². The van der Waals surface area contributed by atoms with Crippen molar-refractivity contribution in [2.75, 3.05) is 25.5 Å². The van der Waals surface area contributed by atoms with E-state index < -0.39 is 0 Å². The Kier molecular flexibility index (Phi) is 6.14. The molecule has 2 aromatic rings. The second-order valence-electron chi connectivity index (χ2n) is 9.50. The zero-order valence-corrected chi connectivity index (χ0v) is 18.5. The Hall–Kier alpha value is -2.33. The Morgan fingerprint density at radius 2 is 1.77 bits per heavy atom. The Balaban J connectivity index is 1.27. The van der Waals surface area contributed by atoms with Crippen molar-refractivity contribution in [3.63, 3.8) is 0 Å². The predicted octanol–water partition coefficient (Wildman–Crippen LogP) is 5.13. The number of para-hydroxylation sites is 2. The number of piperidine rings is 1. The number of hydrogen-bond acceptors (Lipinski definition) is 3. The normalized spacial score (nSPS) is 20.3. The third kappa shape index (κ3) is 4.70. The van der Waals surface area contributed by atoms with Crippen LogP contribution < -0.4 is 10.1 Å². The minimum Gasteiger partial charge on any atom is -0.495 e. The molecule has 1 N–H and O–H groups in total. The highest BCUT2D eigenvalue weighted by Crippen LogP contribution is 2.59. The standard InChI is InChI=1S/C26H34N2O2/c1-19(2)16-20-8-10-21(11-9-20)18-28-14-12-26(13-15-28)17-22(26)25(29)27-23-6-4-5-7-24(23)30-3/h4-11,19,22H,12-18H2,1-3H3,(H,27,29). The van der Waals surface area contributed by atoms with Crippen LogP contribution in [0.15, 0.2) is 48.5 Å². The zero-order chi connectivity index (χ0) is 21.1. The predicted molar refractivity (Wildman–Crippen MR) is 122 cm³/mol. The number of carbonyl (C=O) groups is 1. The monoisotopic (exact) mass is 406 g/mol. The van der Waals surface area contributed by atoms with Crippen LogP contribution in [0.25, 0.3) is 0 Å². The van der Waals surface area contributed by atoms with Crippen molar-refractivity contribution >= 4 is 11.6 Å². The quantitative estimate of drug-likeness (QED) is 0.693. The molecule has 1 unspecified atom stereocenters. The van der Waals surface area contributed by atoms with Crippen molar-refractivity contribution < 1.29 is 9.53 Å². The fourth-order valence-electron chi connectivity index (χ4n) is 4.91. The van der Waals surface area contributed by atoms with Crippen molar-refractivity contribution in [3.05, 3.63) is 59.7 Å². The number of nitrogens with zero attached hydrogens (tertiary/aromatic N) is 1. The third-order valence-electron chi connectivity index (χ3n) is 6.80. The molecule has 2 aliphatic rings. The van der Waals surface area contributed by atoms with Gasteiger partial charge in [-0.05, 0) is 73.4 Å². The summed E-state index contributed by atoms with van der Waals surface area (Å²) in [6, 6.07) is 16.7. The van der Waals surface area contributed by atoms with Crippen LogP contribution >= 0.6 is 0 Å². The van der Waals surface area contributed by atoms with Gasteiger partial charge in [-0.2, -0.15) is 0 Å². The van der Waals surface area contributed by atoms with Gasteiger partial charge in [0.2, 0.25) is 5.91 Å². The summed E-state index contributed by atoms with van der Waals surface area (Å²) < 4.78 is 5.36. The van der Waals surface area contributed by atoms with E-state index in [1.165, 1.54) is 11.1 Å². The molecular weight excluding hydrogens is 372 g/mol. The van der Waals surface area contributed by atoms with Gasteiger partial charge < -0.3 is 10.1 Å². The number of carbonyl (C=O) groups excluding carboxylic acids is 1. The number of hydrogen-bond donors (Lipinski definition) is 1. The summed E-state index contributed by atoms with van der Waals surface area (Å²) >= 11 is 0. The fourth-order valence-corrected chi connectivity index (χ4v) is 4.91. The highest BCUT2D eigenvalue weighted by molar-refractivity contribution is 5.96. The summed E-state index contributed by atoms with van der Waals surface area (Å²) in [7, 11) is 1.64. The van der Waals surface area contributed by atoms with Gasteiger partial charge in [-0.15, -0.1) is 0 Å². The van der Waals surface area contributed by atoms with Crippen LogP contribution in [0.2, 0.25) is 0 Å². The van der Waals surface area contributed by atoms with E-state index in [0.29, 0.717) is 5.92 Å². The number of ether oxygens (including phenoxy) is 1. The Morgan fingerprint density at radius 1 is 1.10 bits per heavy atom. The first kappa shape index (κ1) is 20.9. The Morgan fingerprint density at radius 3 is 2.43 bits per heavy atom. The van der Waals surface area contributed by atoms with Crippen molar-refractivity contribution in [2.24, 2.45) is 17.3 Å². The average molecular weight is 407 g/mol. The molecule has 160 valence electrons. The van der Waals surface area contributed by atoms with E-state index in [2.05, 4.69) is 48.3 Å². The summed E-state index contributed by atoms with van der Waals surface area (Å²) in [5, 5.41) is 3.09. The largest absolute Gasteiger partial charge is 0.495 e. The van der Waals surface area contributed by atoms with Crippen molar-refractivity contribution in [2.45, 2.75) is 46.1 Å². The minimum atomic E-state index is 0.139. The molecule has 1 heterocycles. The van der Waals surface area contributed by atoms with Crippen molar-refractivity contribution in [1.29, 1.82) is 0 Å². The third-order valence-corrected chi connectivity index (χ3v) is 6.80. The number of anilines is 1. The second-order valence-corrected chi connectivity index (χ2v) is 9.50. The first-order valence-electron chi connectivity index (χ1n) is 11.2. The highest BCUT2D eigenvalue weighted by Gasteiger charge is 2.58. The Bertz CT molecular complexity index is 867. The van der Waals surface area contributed by atoms with Crippen molar-refractivity contribution in [1.82, 2.24) is 4.90 Å². The molecule has 4 heteroatoms. The van der Waals surface area contributed by atoms with E-state index in [1.807, 2.05) is 24.3 Å². The minimum absolute atomic E-state index is 0.139. The van der Waals surface area contributed by atoms with E-state index in [1.54, 1.807) is 7.11 Å². The fraction of sp³-hybridized carbons (Fsp3) is 0.500. The lowest BCUT2D eigenvalue weighted by Gasteiger charge is -2.33. The zero-order valence-electron chi connectivity index (χ0n) is 18.5. The molecule has 0 bridgehead atoms. The number of amides is 1. The molecule has 0 aromatic heterocycles. The van der Waals surface area contributed by atoms with Crippen LogP contribution in [0.1, 0.15) is 44.2 Å². The second kappa shape index (κ2) is 8.81. The van der Waals surface area contributed by atoms with Gasteiger partial charge in [0.15, 0.2) is 0 Å². The van der Waals surface area contributed by atoms with Crippen LogP contribution in [-0.2, 0) is 17.8 Å². The summed E-state index contributed by atoms with van der Waals surface area (Å²) in [5.41, 5.74) is 3.79. The van der Waals surface area contributed by atoms with E-state index >= 15 is 0 Å². The maximum absolute atomic E-state index is 12.8. The molecule has 1 saturated carbocycles. The van der Waals surface area contributed by atoms with E-state index in [4.69, 9.17) is 4.74 Å². The number of likely N-dealkylation sites (tertiary alicyclic amines) is 1. The molecule has 2 aromatic carbocycles. The van der Waals surface area contributed by atoms with Crippen LogP contribution in [0.3, 0.4) is 0 Å². The van der Waals surface area contributed by atoms with Crippen LogP contribution in [0.5, 0.6) is 5.75 Å². The lowest BCUT2D eigenvalue weighted by atomic mass is 9.90. The SMILES string of the molecule is COc1ccccc1NC(=O)C1CC12CCN(Cc1ccc(CC(C)C)cc1)CC2. The van der Waals surface area contributed by atoms with Gasteiger partial charge in [-0.3, -0.25) is 9.69 Å². The smallest absolute Gasteiger partial charge is 0.228 e. The number of methoxy groups -OCH3 is 1. The van der Waals surface area contributed by atoms with Gasteiger partial charge in [0.25, 0.3) is 0 Å². The van der Waals surface area contributed by atoms with E-state index in [-0.39, 0.29) is 17.2 Å². The molecule has 4 nitrogen and oxygen atoms in total. The topological polar surface area (TPSA) is 41.6 Å². The number of rotatable bonds is 7. The molecule has 4 rings (SSSR count). The summed E-state index contributed by atoms with van der Waals surface area (Å²) in [6.45, 7) is 7.69. The molecule has 1 spiro atoms. The summed E-state index contributed by atoms with van der Waals surface area (Å²) in [6.07, 6.45) is 4.39. The highest BCUT2D eigenvalue weighted by atomic mass is 16.5. The molecule has 1 aliphatic heterocycles. The maximum atomic E-state index is 12.8. The van der Waals surface area contributed by atoms with Crippen LogP contribution in [0, 0.1) is 17.3 Å². The maximum Gasteiger partial charge on any atom is 0.228 e. The first-order valence-corrected chi connectivity index (χ1v) is 11.2. The van der Waals surface area contributed by atoms with E-state index in [0.717, 1.165) is 56.8 Å². The molecular formula is C26H34N2O2. The van der Waals surface area contributed by atoms with Gasteiger partial charge >= 0.3 is 0 Å². The van der Waals surface area contributed by atoms with Crippen LogP contribution in [-0.4, -0.2) is 31.0 Å². The lowest BCUT2D eigenvalue weighted by Crippen LogP contribution is -2.35. The molecule has 0 radical (unpaired) electrons. The number of benzene rings is 2. The molecule has 1 saturated heterocycles. The van der Waals surface area contributed by atoms with Gasteiger partial charge in [0.05, 0.1) is 12.8 Å². The molecule has 1 atom stereocenters. The van der Waals surface area contributed by atoms with Crippen molar-refractivity contribution in [3.8, 4) is 5.75 Å². The molecule has 2 fully saturated rings. The molecule has 30 heavy (non-hydrogen) atoms. The van der Waals surface area contributed by atoms with Crippen LogP contribution in [0.4, 0.5) is 5.69 Å². The first-order chi connectivity index (χ1) is 14.5. The van der Waals surface area contributed by atoms with Gasteiger partial charge in [0, 0.05) is 12.5 Å². The number of nitrogens with one attached hydrogen (secondary N) is 1. The van der Waals surface area contributed by atoms with Gasteiger partial charge in [-0.25, -0.2) is 0 Å². The van der Waals surface area contributed by atoms with Gasteiger partial charge in [-0.1, -0.05) is 50.2 Å². The summed E-state index contributed by atoms with van der Waals surface area (Å²) in [5.74, 6) is 1.70. The van der Waals surface area contributed by atoms with E-state index in [9.17, 15) is 4.79 Å². The Labute approximate surface area is 180 Å². The molecule has 1 amide bonds. The molecule has 1 aliphatic carbocycles.